The molecule has 0 aliphatic carbocycles. The highest BCUT2D eigenvalue weighted by Crippen LogP contribution is 2.34. The normalized spacial score (nSPS) is 11.7. The molecule has 1 heterocycles. The van der Waals surface area contributed by atoms with Crippen LogP contribution in [0.4, 0.5) is 0 Å². The van der Waals surface area contributed by atoms with E-state index in [1.165, 1.54) is 24.0 Å². The average Bonchev–Trinajstić information content (AvgIpc) is 3.10. The van der Waals surface area contributed by atoms with Gasteiger partial charge in [-0.05, 0) is 11.6 Å². The highest BCUT2D eigenvalue weighted by molar-refractivity contribution is 7.89. The number of nitrogens with two attached hydrogens (primary N) is 1. The van der Waals surface area contributed by atoms with E-state index in [9.17, 15) is 13.2 Å². The Labute approximate surface area is 162 Å². The fourth-order valence-corrected chi connectivity index (χ4v) is 3.39. The Bertz CT molecular complexity index is 1140. The number of likely N-dealkylation sites (N-methyl/N-ethyl adjacent to an activating group) is 1. The first-order valence-corrected chi connectivity index (χ1v) is 9.73. The molecular weight excluding hydrogens is 380 g/mol. The summed E-state index contributed by atoms with van der Waals surface area (Å²) < 4.78 is 25.4. The van der Waals surface area contributed by atoms with Gasteiger partial charge in [0, 0.05) is 36.6 Å². The molecule has 0 atom stereocenters. The molecule has 9 heteroatoms. The lowest BCUT2D eigenvalue weighted by molar-refractivity contribution is -0.153. The Morgan fingerprint density at radius 1 is 1.11 bits per heavy atom. The molecule has 3 N–H and O–H groups in total. The number of nitrogens with zero attached hydrogens (tertiary/aromatic N) is 3. The van der Waals surface area contributed by atoms with Gasteiger partial charge in [0.25, 0.3) is 5.91 Å². The molecule has 2 aromatic carbocycles. The number of primary sulfonamides is 1. The van der Waals surface area contributed by atoms with E-state index in [1.54, 1.807) is 24.4 Å². The van der Waals surface area contributed by atoms with Crippen LogP contribution >= 0.6 is 0 Å². The van der Waals surface area contributed by atoms with Crippen molar-refractivity contribution in [2.75, 3.05) is 7.05 Å². The second-order valence-electron chi connectivity index (χ2n) is 5.96. The summed E-state index contributed by atoms with van der Waals surface area (Å²) in [5.74, 6) is -0.636. The zero-order valence-electron chi connectivity index (χ0n) is 14.9. The number of sulfonamides is 1. The number of carbonyl (C=O) groups is 1. The van der Waals surface area contributed by atoms with E-state index in [0.29, 0.717) is 21.9 Å². The lowest BCUT2D eigenvalue weighted by Crippen LogP contribution is -2.19. The third-order valence-electron chi connectivity index (χ3n) is 3.95. The van der Waals surface area contributed by atoms with Gasteiger partial charge in [0.2, 0.25) is 10.0 Å². The standard InChI is InChI=1S/C19H18N4O4S/c1-22(25)18(24)11-12-23-13-16(14-7-3-2-4-8-14)19(21-23)15-9-5-6-10-17(15)28(20,26)27/h2-13,25H,1H3,(H2,20,26,27). The molecule has 0 saturated heterocycles. The predicted octanol–water partition coefficient (Wildman–Crippen LogP) is 2.18. The van der Waals surface area contributed by atoms with Crippen molar-refractivity contribution in [3.63, 3.8) is 0 Å². The van der Waals surface area contributed by atoms with Crippen molar-refractivity contribution in [2.24, 2.45) is 5.14 Å². The molecule has 0 unspecified atom stereocenters. The predicted molar refractivity (Wildman–Crippen MR) is 104 cm³/mol. The zero-order chi connectivity index (χ0) is 20.3. The summed E-state index contributed by atoms with van der Waals surface area (Å²) >= 11 is 0. The fourth-order valence-electron chi connectivity index (χ4n) is 2.65. The minimum Gasteiger partial charge on any atom is -0.286 e. The Balaban J connectivity index is 2.20. The molecule has 1 aromatic heterocycles. The first-order chi connectivity index (χ1) is 13.3. The number of aromatic nitrogens is 2. The summed E-state index contributed by atoms with van der Waals surface area (Å²) in [5, 5.41) is 19.4. The van der Waals surface area contributed by atoms with E-state index < -0.39 is 15.9 Å². The molecule has 0 spiro atoms. The Kier molecular flexibility index (Phi) is 5.41. The summed E-state index contributed by atoms with van der Waals surface area (Å²) in [6.45, 7) is 0. The van der Waals surface area contributed by atoms with Crippen molar-refractivity contribution >= 4 is 22.1 Å². The van der Waals surface area contributed by atoms with Gasteiger partial charge in [-0.3, -0.25) is 10.0 Å². The van der Waals surface area contributed by atoms with Gasteiger partial charge in [0.05, 0.1) is 4.90 Å². The highest BCUT2D eigenvalue weighted by atomic mass is 32.2. The molecule has 0 radical (unpaired) electrons. The van der Waals surface area contributed by atoms with Crippen molar-refractivity contribution in [3.05, 3.63) is 66.9 Å². The SMILES string of the molecule is CN(O)C(=O)C=Cn1cc(-c2ccccc2)c(-c2ccccc2S(N)(=O)=O)n1. The molecule has 8 nitrogen and oxygen atoms in total. The molecule has 28 heavy (non-hydrogen) atoms. The average molecular weight is 398 g/mol. The van der Waals surface area contributed by atoms with Gasteiger partial charge in [-0.2, -0.15) is 5.10 Å². The number of hydrogen-bond donors (Lipinski definition) is 2. The third-order valence-corrected chi connectivity index (χ3v) is 4.92. The number of rotatable bonds is 5. The molecule has 144 valence electrons. The molecule has 0 saturated carbocycles. The zero-order valence-corrected chi connectivity index (χ0v) is 15.7. The monoisotopic (exact) mass is 398 g/mol. The van der Waals surface area contributed by atoms with Crippen molar-refractivity contribution in [1.29, 1.82) is 0 Å². The van der Waals surface area contributed by atoms with Gasteiger partial charge in [-0.25, -0.2) is 23.3 Å². The quantitative estimate of drug-likeness (QED) is 0.388. The van der Waals surface area contributed by atoms with Crippen molar-refractivity contribution < 1.29 is 18.4 Å². The van der Waals surface area contributed by atoms with Crippen LogP contribution in [0.1, 0.15) is 0 Å². The summed E-state index contributed by atoms with van der Waals surface area (Å²) in [6, 6.07) is 15.6. The Morgan fingerprint density at radius 3 is 2.39 bits per heavy atom. The first kappa shape index (κ1) is 19.5. The largest absolute Gasteiger partial charge is 0.286 e. The van der Waals surface area contributed by atoms with Gasteiger partial charge in [0.15, 0.2) is 0 Å². The van der Waals surface area contributed by atoms with Crippen LogP contribution in [0, 0.1) is 0 Å². The minimum absolute atomic E-state index is 0.0485. The summed E-state index contributed by atoms with van der Waals surface area (Å²) in [7, 11) is -2.76. The maximum Gasteiger partial charge on any atom is 0.271 e. The van der Waals surface area contributed by atoms with Crippen LogP contribution in [0.5, 0.6) is 0 Å². The van der Waals surface area contributed by atoms with E-state index >= 15 is 0 Å². The lowest BCUT2D eigenvalue weighted by atomic mass is 10.0. The van der Waals surface area contributed by atoms with Gasteiger partial charge < -0.3 is 0 Å². The molecule has 3 rings (SSSR count). The van der Waals surface area contributed by atoms with Crippen LogP contribution in [0.15, 0.2) is 71.8 Å². The Morgan fingerprint density at radius 2 is 1.75 bits per heavy atom. The summed E-state index contributed by atoms with van der Waals surface area (Å²) in [6.07, 6.45) is 4.16. The molecule has 1 amide bonds. The van der Waals surface area contributed by atoms with E-state index in [4.69, 9.17) is 10.3 Å². The first-order valence-electron chi connectivity index (χ1n) is 8.19. The van der Waals surface area contributed by atoms with E-state index in [2.05, 4.69) is 5.10 Å². The second kappa shape index (κ2) is 7.77. The molecule has 0 aliphatic heterocycles. The van der Waals surface area contributed by atoms with Crippen LogP contribution in [0.25, 0.3) is 28.6 Å². The van der Waals surface area contributed by atoms with Crippen molar-refractivity contribution in [3.8, 4) is 22.4 Å². The van der Waals surface area contributed by atoms with Crippen LogP contribution in [0.2, 0.25) is 0 Å². The fraction of sp³-hybridized carbons (Fsp3) is 0.0526. The van der Waals surface area contributed by atoms with E-state index in [0.717, 1.165) is 11.6 Å². The summed E-state index contributed by atoms with van der Waals surface area (Å²) in [4.78, 5) is 11.5. The molecule has 0 aliphatic rings. The van der Waals surface area contributed by atoms with Crippen molar-refractivity contribution in [2.45, 2.75) is 4.90 Å². The maximum atomic E-state index is 12.0. The van der Waals surface area contributed by atoms with Crippen LogP contribution in [-0.4, -0.2) is 41.4 Å². The maximum absolute atomic E-state index is 12.0. The van der Waals surface area contributed by atoms with E-state index in [1.807, 2.05) is 30.3 Å². The van der Waals surface area contributed by atoms with Gasteiger partial charge >= 0.3 is 0 Å². The Hall–Kier alpha value is -3.27. The molecule has 0 bridgehead atoms. The van der Waals surface area contributed by atoms with Crippen LogP contribution < -0.4 is 5.14 Å². The van der Waals surface area contributed by atoms with E-state index in [-0.39, 0.29) is 4.90 Å². The molecular formula is C19H18N4O4S. The minimum atomic E-state index is -3.97. The lowest BCUT2D eigenvalue weighted by Gasteiger charge is -2.07. The third kappa shape index (κ3) is 4.17. The van der Waals surface area contributed by atoms with Crippen LogP contribution in [-0.2, 0) is 14.8 Å². The highest BCUT2D eigenvalue weighted by Gasteiger charge is 2.20. The number of amides is 1. The van der Waals surface area contributed by atoms with Gasteiger partial charge in [-0.15, -0.1) is 0 Å². The van der Waals surface area contributed by atoms with Gasteiger partial charge in [-0.1, -0.05) is 48.5 Å². The molecule has 0 fully saturated rings. The summed E-state index contributed by atoms with van der Waals surface area (Å²) in [5.41, 5.74) is 2.21. The van der Waals surface area contributed by atoms with Gasteiger partial charge in [0.1, 0.15) is 5.69 Å². The van der Waals surface area contributed by atoms with Crippen LogP contribution in [0.3, 0.4) is 0 Å². The number of hydrogen-bond acceptors (Lipinski definition) is 5. The topological polar surface area (TPSA) is 119 Å². The number of benzene rings is 2. The number of hydroxylamine groups is 2. The molecule has 3 aromatic rings. The number of carbonyl (C=O) groups excluding carboxylic acids is 1. The van der Waals surface area contributed by atoms with Crippen molar-refractivity contribution in [1.82, 2.24) is 14.8 Å². The second-order valence-corrected chi connectivity index (χ2v) is 7.49. The smallest absolute Gasteiger partial charge is 0.271 e.